The summed E-state index contributed by atoms with van der Waals surface area (Å²) in [5.41, 5.74) is 1.01. The van der Waals surface area contributed by atoms with Crippen molar-refractivity contribution in [2.24, 2.45) is 0 Å². The Morgan fingerprint density at radius 3 is 2.52 bits per heavy atom. The summed E-state index contributed by atoms with van der Waals surface area (Å²) >= 11 is 3.49. The summed E-state index contributed by atoms with van der Waals surface area (Å²) in [6, 6.07) is 5.92. The molecule has 1 N–H and O–H groups in total. The lowest BCUT2D eigenvalue weighted by molar-refractivity contribution is 0.0966. The van der Waals surface area contributed by atoms with Crippen LogP contribution in [0.15, 0.2) is 22.7 Å². The van der Waals surface area contributed by atoms with Gasteiger partial charge >= 0.3 is 0 Å². The predicted molar refractivity (Wildman–Crippen MR) is 90.8 cm³/mol. The number of phenols is 1. The summed E-state index contributed by atoms with van der Waals surface area (Å²) in [5.74, 6) is 0.390. The number of hydrogen-bond donors (Lipinski definition) is 1. The van der Waals surface area contributed by atoms with E-state index in [4.69, 9.17) is 0 Å². The van der Waals surface area contributed by atoms with E-state index in [2.05, 4.69) is 51.6 Å². The summed E-state index contributed by atoms with van der Waals surface area (Å²) in [4.78, 5) is 7.20. The van der Waals surface area contributed by atoms with Gasteiger partial charge < -0.3 is 10.0 Å². The maximum atomic E-state index is 10.1. The van der Waals surface area contributed by atoms with Gasteiger partial charge in [-0.15, -0.1) is 0 Å². The molecule has 1 saturated heterocycles. The minimum atomic E-state index is 0.249. The Labute approximate surface area is 136 Å². The van der Waals surface area contributed by atoms with E-state index in [1.54, 1.807) is 6.07 Å². The first-order valence-electron chi connectivity index (χ1n) is 7.57. The molecule has 1 aliphatic rings. The Bertz CT molecular complexity index is 459. The first-order chi connectivity index (χ1) is 9.97. The van der Waals surface area contributed by atoms with Gasteiger partial charge in [0, 0.05) is 55.3 Å². The summed E-state index contributed by atoms with van der Waals surface area (Å²) in [7, 11) is 4.24. The molecule has 1 fully saturated rings. The second-order valence-electron chi connectivity index (χ2n) is 6.06. The van der Waals surface area contributed by atoms with E-state index < -0.39 is 0 Å². The van der Waals surface area contributed by atoms with E-state index in [0.717, 1.165) is 49.3 Å². The van der Waals surface area contributed by atoms with Crippen LogP contribution in [0, 0.1) is 0 Å². The first kappa shape index (κ1) is 16.7. The lowest BCUT2D eigenvalue weighted by atomic mass is 10.0. The zero-order valence-corrected chi connectivity index (χ0v) is 14.8. The normalized spacial score (nSPS) is 19.1. The number of hydrogen-bond acceptors (Lipinski definition) is 4. The van der Waals surface area contributed by atoms with Crippen LogP contribution in [0.25, 0.3) is 0 Å². The lowest BCUT2D eigenvalue weighted by Crippen LogP contribution is -2.48. The van der Waals surface area contributed by atoms with Crippen LogP contribution in [0.5, 0.6) is 5.75 Å². The summed E-state index contributed by atoms with van der Waals surface area (Å²) < 4.78 is 1.02. The van der Waals surface area contributed by atoms with Crippen LogP contribution in [0.1, 0.15) is 18.5 Å². The zero-order chi connectivity index (χ0) is 15.4. The molecule has 0 spiro atoms. The average Bonchev–Trinajstić information content (AvgIpc) is 2.47. The molecule has 21 heavy (non-hydrogen) atoms. The van der Waals surface area contributed by atoms with Crippen molar-refractivity contribution in [3.05, 3.63) is 28.2 Å². The van der Waals surface area contributed by atoms with Crippen molar-refractivity contribution in [3.8, 4) is 5.75 Å². The Kier molecular flexibility index (Phi) is 6.05. The molecular weight excluding hydrogens is 330 g/mol. The largest absolute Gasteiger partial charge is 0.508 e. The lowest BCUT2D eigenvalue weighted by Gasteiger charge is -2.38. The van der Waals surface area contributed by atoms with Crippen LogP contribution in [0.2, 0.25) is 0 Å². The molecule has 2 rings (SSSR count). The molecule has 118 valence electrons. The molecule has 0 aliphatic carbocycles. The summed E-state index contributed by atoms with van der Waals surface area (Å²) in [5, 5.41) is 10.1. The minimum Gasteiger partial charge on any atom is -0.508 e. The molecule has 1 heterocycles. The quantitative estimate of drug-likeness (QED) is 0.878. The number of halogens is 1. The number of piperazine rings is 1. The second-order valence-corrected chi connectivity index (χ2v) is 6.98. The van der Waals surface area contributed by atoms with Crippen LogP contribution in [-0.2, 0) is 0 Å². The number of rotatable bonds is 5. The number of nitrogens with zero attached hydrogens (tertiary/aromatic N) is 3. The molecule has 1 atom stereocenters. The average molecular weight is 356 g/mol. The standard InChI is InChI=1S/C16H26BrN3O/c1-13(15-12-14(17)4-5-16(15)21)20-10-8-19(9-11-20)7-6-18(2)3/h4-5,12-13,21H,6-11H2,1-3H3. The summed E-state index contributed by atoms with van der Waals surface area (Å²) in [6.07, 6.45) is 0. The third kappa shape index (κ3) is 4.68. The van der Waals surface area contributed by atoms with Crippen molar-refractivity contribution in [1.29, 1.82) is 0 Å². The van der Waals surface area contributed by atoms with Gasteiger partial charge in [0.15, 0.2) is 0 Å². The van der Waals surface area contributed by atoms with Crippen LogP contribution in [0.3, 0.4) is 0 Å². The topological polar surface area (TPSA) is 30.0 Å². The highest BCUT2D eigenvalue weighted by atomic mass is 79.9. The van der Waals surface area contributed by atoms with Crippen molar-refractivity contribution < 1.29 is 5.11 Å². The van der Waals surface area contributed by atoms with Gasteiger partial charge in [0.05, 0.1) is 0 Å². The highest BCUT2D eigenvalue weighted by Gasteiger charge is 2.23. The zero-order valence-electron chi connectivity index (χ0n) is 13.2. The van der Waals surface area contributed by atoms with Gasteiger partial charge in [-0.1, -0.05) is 15.9 Å². The Balaban J connectivity index is 1.91. The van der Waals surface area contributed by atoms with Crippen LogP contribution in [-0.4, -0.2) is 73.2 Å². The number of benzene rings is 1. The van der Waals surface area contributed by atoms with Crippen molar-refractivity contribution >= 4 is 15.9 Å². The number of phenolic OH excluding ortho intramolecular Hbond substituents is 1. The number of likely N-dealkylation sites (N-methyl/N-ethyl adjacent to an activating group) is 1. The van der Waals surface area contributed by atoms with Gasteiger partial charge in [-0.05, 0) is 39.2 Å². The van der Waals surface area contributed by atoms with Gasteiger partial charge in [0.2, 0.25) is 0 Å². The third-order valence-electron chi connectivity index (χ3n) is 4.26. The van der Waals surface area contributed by atoms with Crippen LogP contribution in [0.4, 0.5) is 0 Å². The molecule has 0 bridgehead atoms. The highest BCUT2D eigenvalue weighted by molar-refractivity contribution is 9.10. The smallest absolute Gasteiger partial charge is 0.120 e. The minimum absolute atomic E-state index is 0.249. The SMILES string of the molecule is CC(c1cc(Br)ccc1O)N1CCN(CCN(C)C)CC1. The maximum absolute atomic E-state index is 10.1. The molecule has 0 aromatic heterocycles. The predicted octanol–water partition coefficient (Wildman–Crippen LogP) is 2.39. The van der Waals surface area contributed by atoms with Gasteiger partial charge in [0.25, 0.3) is 0 Å². The van der Waals surface area contributed by atoms with E-state index in [0.29, 0.717) is 5.75 Å². The van der Waals surface area contributed by atoms with Gasteiger partial charge in [-0.2, -0.15) is 0 Å². The molecule has 0 amide bonds. The third-order valence-corrected chi connectivity index (χ3v) is 4.75. The van der Waals surface area contributed by atoms with Crippen molar-refractivity contribution in [3.63, 3.8) is 0 Å². The monoisotopic (exact) mass is 355 g/mol. The fourth-order valence-electron chi connectivity index (χ4n) is 2.77. The van der Waals surface area contributed by atoms with Gasteiger partial charge in [-0.25, -0.2) is 0 Å². The summed E-state index contributed by atoms with van der Waals surface area (Å²) in [6.45, 7) is 8.75. The van der Waals surface area contributed by atoms with E-state index in [1.807, 2.05) is 12.1 Å². The molecular formula is C16H26BrN3O. The fourth-order valence-corrected chi connectivity index (χ4v) is 3.15. The van der Waals surface area contributed by atoms with Crippen molar-refractivity contribution in [2.75, 3.05) is 53.4 Å². The van der Waals surface area contributed by atoms with Crippen molar-refractivity contribution in [2.45, 2.75) is 13.0 Å². The Hall–Kier alpha value is -0.620. The van der Waals surface area contributed by atoms with E-state index in [1.165, 1.54) is 0 Å². The van der Waals surface area contributed by atoms with Crippen molar-refractivity contribution in [1.82, 2.24) is 14.7 Å². The van der Waals surface area contributed by atoms with E-state index in [-0.39, 0.29) is 6.04 Å². The number of aromatic hydroxyl groups is 1. The van der Waals surface area contributed by atoms with E-state index >= 15 is 0 Å². The Morgan fingerprint density at radius 2 is 1.90 bits per heavy atom. The highest BCUT2D eigenvalue weighted by Crippen LogP contribution is 2.31. The molecule has 4 nitrogen and oxygen atoms in total. The maximum Gasteiger partial charge on any atom is 0.120 e. The molecule has 1 aromatic rings. The fraction of sp³-hybridized carbons (Fsp3) is 0.625. The van der Waals surface area contributed by atoms with Gasteiger partial charge in [-0.3, -0.25) is 9.80 Å². The molecule has 0 radical (unpaired) electrons. The Morgan fingerprint density at radius 1 is 1.24 bits per heavy atom. The van der Waals surface area contributed by atoms with Crippen LogP contribution < -0.4 is 0 Å². The molecule has 5 heteroatoms. The molecule has 1 unspecified atom stereocenters. The van der Waals surface area contributed by atoms with Gasteiger partial charge in [0.1, 0.15) is 5.75 Å². The first-order valence-corrected chi connectivity index (χ1v) is 8.36. The molecule has 0 saturated carbocycles. The molecule has 1 aliphatic heterocycles. The second kappa shape index (κ2) is 7.58. The van der Waals surface area contributed by atoms with E-state index in [9.17, 15) is 5.11 Å². The van der Waals surface area contributed by atoms with Crippen LogP contribution >= 0.6 is 15.9 Å². The molecule has 1 aromatic carbocycles.